The molecule has 0 saturated heterocycles. The van der Waals surface area contributed by atoms with Crippen molar-refractivity contribution in [1.29, 1.82) is 5.26 Å². The van der Waals surface area contributed by atoms with Gasteiger partial charge in [-0.3, -0.25) is 0 Å². The lowest BCUT2D eigenvalue weighted by atomic mass is 9.92. The second-order valence-corrected chi connectivity index (χ2v) is 9.79. The minimum atomic E-state index is -0.178. The van der Waals surface area contributed by atoms with Crippen LogP contribution >= 0.6 is 0 Å². The van der Waals surface area contributed by atoms with E-state index in [1.165, 1.54) is 6.42 Å². The van der Waals surface area contributed by atoms with Gasteiger partial charge in [0.25, 0.3) is 0 Å². The molecular weight excluding hydrogens is 468 g/mol. The number of amides is 2. The molecule has 37 heavy (non-hydrogen) atoms. The zero-order chi connectivity index (χ0) is 25.4. The monoisotopic (exact) mass is 496 g/mol. The first-order valence-electron chi connectivity index (χ1n) is 12.8. The minimum Gasteiger partial charge on any atom is -0.485 e. The summed E-state index contributed by atoms with van der Waals surface area (Å²) in [5, 5.41) is 20.9. The van der Waals surface area contributed by atoms with Gasteiger partial charge in [-0.2, -0.15) is 10.2 Å². The second-order valence-electron chi connectivity index (χ2n) is 9.79. The fourth-order valence-corrected chi connectivity index (χ4v) is 4.97. The molecule has 9 nitrogen and oxygen atoms in total. The van der Waals surface area contributed by atoms with E-state index in [0.29, 0.717) is 29.1 Å². The lowest BCUT2D eigenvalue weighted by Crippen LogP contribution is -2.41. The lowest BCUT2D eigenvalue weighted by molar-refractivity contribution is 0.240. The largest absolute Gasteiger partial charge is 0.485 e. The maximum atomic E-state index is 12.3. The summed E-state index contributed by atoms with van der Waals surface area (Å²) < 4.78 is 13.3. The van der Waals surface area contributed by atoms with E-state index in [-0.39, 0.29) is 18.7 Å². The van der Waals surface area contributed by atoms with Crippen molar-refractivity contribution < 1.29 is 14.1 Å². The van der Waals surface area contributed by atoms with Crippen LogP contribution in [0.25, 0.3) is 22.2 Å². The second kappa shape index (κ2) is 9.62. The molecule has 0 aliphatic heterocycles. The molecule has 2 N–H and O–H groups in total. The maximum absolute atomic E-state index is 12.3. The normalized spacial score (nSPS) is 15.6. The molecule has 9 heteroatoms. The molecule has 2 saturated carbocycles. The van der Waals surface area contributed by atoms with Crippen LogP contribution in [0, 0.1) is 18.3 Å². The first-order valence-corrected chi connectivity index (χ1v) is 12.8. The molecule has 4 aromatic rings. The molecule has 0 radical (unpaired) electrons. The smallest absolute Gasteiger partial charge is 0.319 e. The molecule has 0 bridgehead atoms. The van der Waals surface area contributed by atoms with E-state index in [1.54, 1.807) is 6.92 Å². The molecule has 2 aromatic heterocycles. The molecule has 2 aliphatic rings. The number of carbonyl (C=O) groups is 1. The number of hydrogen-bond donors (Lipinski definition) is 2. The van der Waals surface area contributed by atoms with Crippen LogP contribution in [-0.4, -0.2) is 26.8 Å². The Bertz CT molecular complexity index is 1490. The predicted octanol–water partition coefficient (Wildman–Crippen LogP) is 5.85. The number of fused-ring (bicyclic) bond motifs is 1. The summed E-state index contributed by atoms with van der Waals surface area (Å²) in [4.78, 5) is 16.5. The summed E-state index contributed by atoms with van der Waals surface area (Å²) in [5.74, 6) is 1.66. The Morgan fingerprint density at radius 3 is 2.57 bits per heavy atom. The van der Waals surface area contributed by atoms with Crippen molar-refractivity contribution >= 4 is 22.6 Å². The number of benzene rings is 2. The quantitative estimate of drug-likeness (QED) is 0.331. The van der Waals surface area contributed by atoms with E-state index in [4.69, 9.17) is 9.26 Å². The summed E-state index contributed by atoms with van der Waals surface area (Å²) in [6.45, 7) is 1.94. The van der Waals surface area contributed by atoms with Gasteiger partial charge in [0.05, 0.1) is 16.8 Å². The summed E-state index contributed by atoms with van der Waals surface area (Å²) >= 11 is 0. The van der Waals surface area contributed by atoms with Gasteiger partial charge in [0.1, 0.15) is 11.8 Å². The molecule has 2 amide bonds. The Hall–Kier alpha value is -4.32. The molecule has 2 fully saturated rings. The van der Waals surface area contributed by atoms with E-state index in [0.717, 1.165) is 60.0 Å². The minimum absolute atomic E-state index is 0.178. The Morgan fingerprint density at radius 2 is 1.95 bits per heavy atom. The number of hydrogen-bond acceptors (Lipinski definition) is 6. The first kappa shape index (κ1) is 23.1. The maximum Gasteiger partial charge on any atom is 0.319 e. The summed E-state index contributed by atoms with van der Waals surface area (Å²) in [7, 11) is 0. The third-order valence-electron chi connectivity index (χ3n) is 7.32. The van der Waals surface area contributed by atoms with Crippen molar-refractivity contribution in [2.45, 2.75) is 64.1 Å². The highest BCUT2D eigenvalue weighted by molar-refractivity contribution is 5.96. The number of nitrogens with one attached hydrogen (secondary N) is 2. The number of urea groups is 1. The van der Waals surface area contributed by atoms with Gasteiger partial charge < -0.3 is 24.5 Å². The summed E-state index contributed by atoms with van der Waals surface area (Å²) in [6, 6.07) is 16.4. The molecule has 0 atom stereocenters. The predicted molar refractivity (Wildman–Crippen MR) is 138 cm³/mol. The van der Waals surface area contributed by atoms with Crippen LogP contribution in [0.2, 0.25) is 0 Å². The first-order chi connectivity index (χ1) is 18.1. The van der Waals surface area contributed by atoms with Crippen molar-refractivity contribution in [3.05, 3.63) is 59.7 Å². The van der Waals surface area contributed by atoms with E-state index in [9.17, 15) is 10.1 Å². The Balaban J connectivity index is 1.32. The fourth-order valence-electron chi connectivity index (χ4n) is 4.97. The van der Waals surface area contributed by atoms with Gasteiger partial charge in [0.2, 0.25) is 11.7 Å². The van der Waals surface area contributed by atoms with Gasteiger partial charge in [0, 0.05) is 36.1 Å². The van der Waals surface area contributed by atoms with Gasteiger partial charge in [-0.1, -0.05) is 17.3 Å². The topological polar surface area (TPSA) is 118 Å². The number of nitriles is 1. The third kappa shape index (κ3) is 4.51. The summed E-state index contributed by atoms with van der Waals surface area (Å²) in [6.07, 6.45) is 6.54. The van der Waals surface area contributed by atoms with Crippen LogP contribution in [0.15, 0.2) is 47.0 Å². The number of ether oxygens (including phenoxy) is 1. The van der Waals surface area contributed by atoms with Gasteiger partial charge in [0.15, 0.2) is 6.61 Å². The van der Waals surface area contributed by atoms with Gasteiger partial charge in [-0.05, 0) is 68.4 Å². The van der Waals surface area contributed by atoms with Crippen molar-refractivity contribution in [3.63, 3.8) is 0 Å². The van der Waals surface area contributed by atoms with E-state index in [2.05, 4.69) is 31.4 Å². The van der Waals surface area contributed by atoms with Crippen LogP contribution in [0.3, 0.4) is 0 Å². The standard InChI is InChI=1S/C28H28N6O3/c1-17-30-26(33-37-17)16-36-22-12-13-23-24(15-29)27(34(25(23)14-22)21-6-3-7-21)18-8-10-20(11-9-18)32-28(35)31-19-4-2-5-19/h8-14,19,21H,2-7,16H2,1H3,(H2,31,32,35). The van der Waals surface area contributed by atoms with Crippen molar-refractivity contribution in [2.75, 3.05) is 5.32 Å². The van der Waals surface area contributed by atoms with Crippen LogP contribution in [0.4, 0.5) is 10.5 Å². The number of nitrogens with zero attached hydrogens (tertiary/aromatic N) is 4. The molecular formula is C28H28N6O3. The SMILES string of the molecule is Cc1nc(COc2ccc3c(C#N)c(-c4ccc(NC(=O)NC5CCC5)cc4)n(C4CCC4)c3c2)no1. The van der Waals surface area contributed by atoms with E-state index in [1.807, 2.05) is 42.5 Å². The molecule has 6 rings (SSSR count). The molecule has 0 spiro atoms. The van der Waals surface area contributed by atoms with Crippen LogP contribution in [0.5, 0.6) is 5.75 Å². The van der Waals surface area contributed by atoms with Crippen LogP contribution in [-0.2, 0) is 6.61 Å². The third-order valence-corrected chi connectivity index (χ3v) is 7.32. The highest BCUT2D eigenvalue weighted by Crippen LogP contribution is 2.43. The van der Waals surface area contributed by atoms with Gasteiger partial charge in [-0.25, -0.2) is 4.79 Å². The molecule has 188 valence electrons. The average Bonchev–Trinajstić information content (AvgIpc) is 3.40. The van der Waals surface area contributed by atoms with Crippen molar-refractivity contribution in [3.8, 4) is 23.1 Å². The van der Waals surface area contributed by atoms with E-state index < -0.39 is 0 Å². The molecule has 0 unspecified atom stereocenters. The highest BCUT2D eigenvalue weighted by Gasteiger charge is 2.28. The van der Waals surface area contributed by atoms with Crippen LogP contribution < -0.4 is 15.4 Å². The van der Waals surface area contributed by atoms with Gasteiger partial charge in [-0.15, -0.1) is 0 Å². The number of anilines is 1. The zero-order valence-corrected chi connectivity index (χ0v) is 20.7. The van der Waals surface area contributed by atoms with Crippen molar-refractivity contribution in [1.82, 2.24) is 20.0 Å². The highest BCUT2D eigenvalue weighted by atomic mass is 16.5. The Morgan fingerprint density at radius 1 is 1.16 bits per heavy atom. The number of aromatic nitrogens is 3. The average molecular weight is 497 g/mol. The Kier molecular flexibility index (Phi) is 6.01. The van der Waals surface area contributed by atoms with Gasteiger partial charge >= 0.3 is 6.03 Å². The number of carbonyl (C=O) groups excluding carboxylic acids is 1. The Labute approximate surface area is 214 Å². The molecule has 2 aromatic carbocycles. The number of rotatable bonds is 7. The zero-order valence-electron chi connectivity index (χ0n) is 20.7. The van der Waals surface area contributed by atoms with E-state index >= 15 is 0 Å². The van der Waals surface area contributed by atoms with Crippen LogP contribution in [0.1, 0.15) is 61.8 Å². The summed E-state index contributed by atoms with van der Waals surface area (Å²) in [5.41, 5.74) is 4.18. The molecule has 2 heterocycles. The molecule has 2 aliphatic carbocycles. The lowest BCUT2D eigenvalue weighted by Gasteiger charge is -2.30. The fraction of sp³-hybridized carbons (Fsp3) is 0.357. The number of aryl methyl sites for hydroxylation is 1. The van der Waals surface area contributed by atoms with Crippen molar-refractivity contribution in [2.24, 2.45) is 0 Å².